The van der Waals surface area contributed by atoms with Gasteiger partial charge in [-0.3, -0.25) is 0 Å². The van der Waals surface area contributed by atoms with Crippen molar-refractivity contribution in [1.82, 2.24) is 15.1 Å². The zero-order valence-electron chi connectivity index (χ0n) is 11.8. The Bertz CT molecular complexity index is 369. The van der Waals surface area contributed by atoms with E-state index in [1.165, 1.54) is 32.1 Å². The van der Waals surface area contributed by atoms with Gasteiger partial charge in [0.2, 0.25) is 5.88 Å². The molecule has 102 valence electrons. The Morgan fingerprint density at radius 1 is 1.44 bits per heavy atom. The average Bonchev–Trinajstić information content (AvgIpc) is 2.78. The molecule has 4 nitrogen and oxygen atoms in total. The standard InChI is InChI=1S/C14H25N3O/c1-4-15-14(11-8-6-5-7-9-11)12-10-13(18-3)17(2)16-12/h10-11,14-15H,4-9H2,1-3H3. The monoisotopic (exact) mass is 251 g/mol. The summed E-state index contributed by atoms with van der Waals surface area (Å²) in [7, 11) is 3.63. The van der Waals surface area contributed by atoms with Gasteiger partial charge in [0.15, 0.2) is 0 Å². The Kier molecular flexibility index (Phi) is 4.64. The second kappa shape index (κ2) is 6.23. The molecule has 1 aromatic heterocycles. The lowest BCUT2D eigenvalue weighted by Crippen LogP contribution is -2.30. The number of hydrogen-bond acceptors (Lipinski definition) is 3. The first-order valence-corrected chi connectivity index (χ1v) is 7.07. The van der Waals surface area contributed by atoms with Crippen molar-refractivity contribution in [3.63, 3.8) is 0 Å². The van der Waals surface area contributed by atoms with Crippen LogP contribution in [0.1, 0.15) is 50.8 Å². The fourth-order valence-corrected chi connectivity index (χ4v) is 3.01. The molecule has 0 saturated heterocycles. The van der Waals surface area contributed by atoms with Gasteiger partial charge in [-0.1, -0.05) is 26.2 Å². The molecule has 1 heterocycles. The first-order valence-electron chi connectivity index (χ1n) is 7.07. The molecule has 1 fully saturated rings. The number of aryl methyl sites for hydroxylation is 1. The summed E-state index contributed by atoms with van der Waals surface area (Å²) in [6.45, 7) is 3.15. The van der Waals surface area contributed by atoms with E-state index in [1.807, 2.05) is 11.7 Å². The van der Waals surface area contributed by atoms with Gasteiger partial charge in [-0.25, -0.2) is 4.68 Å². The Hall–Kier alpha value is -1.03. The van der Waals surface area contributed by atoms with Gasteiger partial charge >= 0.3 is 0 Å². The molecule has 1 unspecified atom stereocenters. The second-order valence-electron chi connectivity index (χ2n) is 5.17. The number of nitrogens with one attached hydrogen (secondary N) is 1. The van der Waals surface area contributed by atoms with Gasteiger partial charge in [0.1, 0.15) is 0 Å². The van der Waals surface area contributed by atoms with Crippen LogP contribution in [0.4, 0.5) is 0 Å². The highest BCUT2D eigenvalue weighted by molar-refractivity contribution is 5.19. The molecule has 4 heteroatoms. The van der Waals surface area contributed by atoms with Gasteiger partial charge in [0.05, 0.1) is 18.8 Å². The number of methoxy groups -OCH3 is 1. The first kappa shape index (κ1) is 13.4. The van der Waals surface area contributed by atoms with Crippen molar-refractivity contribution in [2.75, 3.05) is 13.7 Å². The summed E-state index contributed by atoms with van der Waals surface area (Å²) in [4.78, 5) is 0. The fraction of sp³-hybridized carbons (Fsp3) is 0.786. The Balaban J connectivity index is 2.16. The quantitative estimate of drug-likeness (QED) is 0.874. The smallest absolute Gasteiger partial charge is 0.211 e. The Morgan fingerprint density at radius 2 is 2.17 bits per heavy atom. The molecular formula is C14H25N3O. The highest BCUT2D eigenvalue weighted by Gasteiger charge is 2.26. The van der Waals surface area contributed by atoms with E-state index in [1.54, 1.807) is 7.11 Å². The third-order valence-corrected chi connectivity index (χ3v) is 3.93. The summed E-state index contributed by atoms with van der Waals surface area (Å²) in [6.07, 6.45) is 6.74. The number of rotatable bonds is 5. The molecule has 1 aliphatic carbocycles. The minimum absolute atomic E-state index is 0.380. The maximum atomic E-state index is 5.31. The fourth-order valence-electron chi connectivity index (χ4n) is 3.01. The zero-order valence-corrected chi connectivity index (χ0v) is 11.8. The van der Waals surface area contributed by atoms with E-state index in [4.69, 9.17) is 4.74 Å². The van der Waals surface area contributed by atoms with Crippen LogP contribution in [0.25, 0.3) is 0 Å². The Morgan fingerprint density at radius 3 is 2.72 bits per heavy atom. The summed E-state index contributed by atoms with van der Waals surface area (Å²) in [6, 6.07) is 2.45. The van der Waals surface area contributed by atoms with E-state index in [0.29, 0.717) is 6.04 Å². The minimum Gasteiger partial charge on any atom is -0.481 e. The molecule has 1 N–H and O–H groups in total. The number of hydrogen-bond donors (Lipinski definition) is 1. The summed E-state index contributed by atoms with van der Waals surface area (Å²) < 4.78 is 7.14. The van der Waals surface area contributed by atoms with Crippen molar-refractivity contribution in [3.8, 4) is 5.88 Å². The molecule has 0 bridgehead atoms. The number of ether oxygens (including phenoxy) is 1. The van der Waals surface area contributed by atoms with Crippen LogP contribution in [-0.2, 0) is 7.05 Å². The maximum Gasteiger partial charge on any atom is 0.211 e. The highest BCUT2D eigenvalue weighted by Crippen LogP contribution is 2.34. The van der Waals surface area contributed by atoms with Crippen LogP contribution in [0.15, 0.2) is 6.07 Å². The predicted octanol–water partition coefficient (Wildman–Crippen LogP) is 2.66. The van der Waals surface area contributed by atoms with Crippen molar-refractivity contribution in [2.24, 2.45) is 13.0 Å². The zero-order chi connectivity index (χ0) is 13.0. The van der Waals surface area contributed by atoms with Crippen LogP contribution in [0, 0.1) is 5.92 Å². The second-order valence-corrected chi connectivity index (χ2v) is 5.17. The highest BCUT2D eigenvalue weighted by atomic mass is 16.5. The minimum atomic E-state index is 0.380. The predicted molar refractivity (Wildman–Crippen MR) is 72.8 cm³/mol. The topological polar surface area (TPSA) is 39.1 Å². The van der Waals surface area contributed by atoms with Crippen molar-refractivity contribution >= 4 is 0 Å². The molecule has 0 aliphatic heterocycles. The van der Waals surface area contributed by atoms with Crippen molar-refractivity contribution in [2.45, 2.75) is 45.1 Å². The van der Waals surface area contributed by atoms with Crippen LogP contribution in [0.5, 0.6) is 5.88 Å². The van der Waals surface area contributed by atoms with E-state index < -0.39 is 0 Å². The lowest BCUT2D eigenvalue weighted by molar-refractivity contribution is 0.269. The van der Waals surface area contributed by atoms with Crippen LogP contribution >= 0.6 is 0 Å². The molecule has 2 rings (SSSR count). The first-order chi connectivity index (χ1) is 8.76. The van der Waals surface area contributed by atoms with Crippen molar-refractivity contribution in [1.29, 1.82) is 0 Å². The normalized spacial score (nSPS) is 18.8. The summed E-state index contributed by atoms with van der Waals surface area (Å²) in [5, 5.41) is 8.21. The molecule has 0 radical (unpaired) electrons. The van der Waals surface area contributed by atoms with Gasteiger partial charge < -0.3 is 10.1 Å². The Labute approximate surface area is 110 Å². The van der Waals surface area contributed by atoms with E-state index in [0.717, 1.165) is 24.0 Å². The van der Waals surface area contributed by atoms with Gasteiger partial charge in [0.25, 0.3) is 0 Å². The molecule has 18 heavy (non-hydrogen) atoms. The van der Waals surface area contributed by atoms with Gasteiger partial charge in [-0.2, -0.15) is 5.10 Å². The summed E-state index contributed by atoms with van der Waals surface area (Å²) in [5.41, 5.74) is 1.13. The molecule has 1 saturated carbocycles. The molecule has 1 aliphatic rings. The molecule has 0 spiro atoms. The molecule has 0 amide bonds. The molecule has 0 aromatic carbocycles. The van der Waals surface area contributed by atoms with Gasteiger partial charge in [-0.15, -0.1) is 0 Å². The van der Waals surface area contributed by atoms with Gasteiger partial charge in [0, 0.05) is 13.1 Å². The SMILES string of the molecule is CCNC(c1cc(OC)n(C)n1)C1CCCCC1. The van der Waals surface area contributed by atoms with Crippen molar-refractivity contribution in [3.05, 3.63) is 11.8 Å². The van der Waals surface area contributed by atoms with Crippen LogP contribution in [0.3, 0.4) is 0 Å². The number of aromatic nitrogens is 2. The van der Waals surface area contributed by atoms with Gasteiger partial charge in [-0.05, 0) is 25.3 Å². The summed E-state index contributed by atoms with van der Waals surface area (Å²) >= 11 is 0. The van der Waals surface area contributed by atoms with Crippen molar-refractivity contribution < 1.29 is 4.74 Å². The van der Waals surface area contributed by atoms with E-state index in [-0.39, 0.29) is 0 Å². The van der Waals surface area contributed by atoms with Crippen LogP contribution in [-0.4, -0.2) is 23.4 Å². The third-order valence-electron chi connectivity index (χ3n) is 3.93. The molecular weight excluding hydrogens is 226 g/mol. The lowest BCUT2D eigenvalue weighted by atomic mass is 9.82. The largest absolute Gasteiger partial charge is 0.481 e. The van der Waals surface area contributed by atoms with E-state index in [9.17, 15) is 0 Å². The van der Waals surface area contributed by atoms with E-state index in [2.05, 4.69) is 23.4 Å². The molecule has 1 atom stereocenters. The lowest BCUT2D eigenvalue weighted by Gasteiger charge is -2.29. The van der Waals surface area contributed by atoms with Crippen LogP contribution < -0.4 is 10.1 Å². The molecule has 1 aromatic rings. The average molecular weight is 251 g/mol. The van der Waals surface area contributed by atoms with E-state index >= 15 is 0 Å². The summed E-state index contributed by atoms with van der Waals surface area (Å²) in [5.74, 6) is 1.56. The van der Waals surface area contributed by atoms with Crippen LogP contribution in [0.2, 0.25) is 0 Å². The maximum absolute atomic E-state index is 5.31. The third kappa shape index (κ3) is 2.86. The number of nitrogens with zero attached hydrogens (tertiary/aromatic N) is 2.